The topological polar surface area (TPSA) is 35.5 Å². The van der Waals surface area contributed by atoms with E-state index in [0.717, 1.165) is 0 Å². The lowest BCUT2D eigenvalue weighted by Crippen LogP contribution is -2.21. The zero-order valence-electron chi connectivity index (χ0n) is 13.8. The predicted molar refractivity (Wildman–Crippen MR) is 87.2 cm³/mol. The van der Waals surface area contributed by atoms with Crippen LogP contribution in [0, 0.1) is 29.1 Å². The van der Waals surface area contributed by atoms with Crippen molar-refractivity contribution < 1.29 is 36.2 Å². The van der Waals surface area contributed by atoms with Gasteiger partial charge in [-0.15, -0.1) is 0 Å². The molecule has 0 saturated carbocycles. The average Bonchev–Trinajstić information content (AvgIpc) is 2.66. The number of allylic oxidation sites excluding steroid dienone is 1. The Hall–Kier alpha value is -2.61. The molecule has 0 aromatic heterocycles. The highest BCUT2D eigenvalue weighted by atomic mass is 35.5. The van der Waals surface area contributed by atoms with Gasteiger partial charge in [-0.05, 0) is 24.1 Å². The fourth-order valence-corrected chi connectivity index (χ4v) is 2.40. The summed E-state index contributed by atoms with van der Waals surface area (Å²) in [6.45, 7) is 3.43. The van der Waals surface area contributed by atoms with Crippen LogP contribution in [0.1, 0.15) is 17.9 Å². The summed E-state index contributed by atoms with van der Waals surface area (Å²) in [5.74, 6) is -15.0. The van der Waals surface area contributed by atoms with Crippen LogP contribution in [0.15, 0.2) is 35.9 Å². The van der Waals surface area contributed by atoms with Crippen LogP contribution in [0.2, 0.25) is 0 Å². The Morgan fingerprint density at radius 3 is 1.93 bits per heavy atom. The second-order valence-electron chi connectivity index (χ2n) is 5.37. The van der Waals surface area contributed by atoms with Crippen LogP contribution in [0.5, 0.6) is 11.5 Å². The number of hydrogen-bond acceptors (Lipinski definition) is 3. The van der Waals surface area contributed by atoms with Crippen molar-refractivity contribution in [3.8, 4) is 11.5 Å². The van der Waals surface area contributed by atoms with E-state index in [1.165, 1.54) is 31.4 Å². The molecular weight excluding hydrogens is 395 g/mol. The smallest absolute Gasteiger partial charge is 0.319 e. The van der Waals surface area contributed by atoms with Crippen LogP contribution in [-0.4, -0.2) is 13.1 Å². The van der Waals surface area contributed by atoms with Gasteiger partial charge in [0.1, 0.15) is 5.75 Å². The molecule has 0 fully saturated rings. The zero-order valence-corrected chi connectivity index (χ0v) is 14.5. The number of rotatable bonds is 6. The molecule has 0 aliphatic carbocycles. The molecule has 1 atom stereocenters. The van der Waals surface area contributed by atoms with E-state index in [1.54, 1.807) is 0 Å². The number of carbonyl (C=O) groups excluding carboxylic acids is 1. The minimum Gasteiger partial charge on any atom is -0.497 e. The normalized spacial score (nSPS) is 11.8. The second kappa shape index (κ2) is 8.39. The summed E-state index contributed by atoms with van der Waals surface area (Å²) < 4.78 is 76.6. The molecule has 0 unspecified atom stereocenters. The second-order valence-corrected chi connectivity index (χ2v) is 5.90. The average molecular weight is 407 g/mol. The lowest BCUT2D eigenvalue weighted by molar-refractivity contribution is -0.136. The van der Waals surface area contributed by atoms with Crippen LogP contribution >= 0.6 is 11.6 Å². The Morgan fingerprint density at radius 1 is 1.00 bits per heavy atom. The summed E-state index contributed by atoms with van der Waals surface area (Å²) in [6, 6.07) is 5.93. The molecule has 0 saturated heterocycles. The number of esters is 1. The summed E-state index contributed by atoms with van der Waals surface area (Å²) in [5.41, 5.74) is 0.312. The minimum atomic E-state index is -2.36. The number of benzene rings is 2. The van der Waals surface area contributed by atoms with Crippen LogP contribution in [0.4, 0.5) is 22.0 Å². The first kappa shape index (κ1) is 20.7. The van der Waals surface area contributed by atoms with Crippen molar-refractivity contribution in [3.63, 3.8) is 0 Å². The molecule has 27 heavy (non-hydrogen) atoms. The largest absolute Gasteiger partial charge is 0.497 e. The van der Waals surface area contributed by atoms with Gasteiger partial charge < -0.3 is 9.47 Å². The lowest BCUT2D eigenvalue weighted by atomic mass is 9.95. The fraction of sp³-hybridized carbons (Fsp3) is 0.167. The van der Waals surface area contributed by atoms with Gasteiger partial charge in [0.2, 0.25) is 34.8 Å². The van der Waals surface area contributed by atoms with Crippen molar-refractivity contribution in [2.75, 3.05) is 7.11 Å². The van der Waals surface area contributed by atoms with Gasteiger partial charge in [0.05, 0.1) is 13.0 Å². The van der Waals surface area contributed by atoms with Crippen LogP contribution in [-0.2, 0) is 4.79 Å². The van der Waals surface area contributed by atoms with Gasteiger partial charge in [-0.2, -0.15) is 8.78 Å². The third kappa shape index (κ3) is 4.39. The highest BCUT2D eigenvalue weighted by Crippen LogP contribution is 2.33. The van der Waals surface area contributed by atoms with Crippen molar-refractivity contribution in [2.45, 2.75) is 12.3 Å². The van der Waals surface area contributed by atoms with Gasteiger partial charge in [-0.3, -0.25) is 4.79 Å². The Labute approximate surface area is 156 Å². The third-order valence-corrected chi connectivity index (χ3v) is 3.75. The Balaban J connectivity index is 2.41. The molecule has 0 aliphatic rings. The summed E-state index contributed by atoms with van der Waals surface area (Å²) >= 11 is 5.72. The number of carbonyl (C=O) groups is 1. The summed E-state index contributed by atoms with van der Waals surface area (Å²) in [7, 11) is 1.42. The third-order valence-electron chi connectivity index (χ3n) is 3.60. The maximum atomic E-state index is 13.7. The molecule has 0 spiro atoms. The van der Waals surface area contributed by atoms with Gasteiger partial charge >= 0.3 is 5.97 Å². The summed E-state index contributed by atoms with van der Waals surface area (Å²) in [4.78, 5) is 12.4. The summed E-state index contributed by atoms with van der Waals surface area (Å²) in [6.07, 6.45) is -0.192. The molecule has 3 nitrogen and oxygen atoms in total. The van der Waals surface area contributed by atoms with E-state index >= 15 is 0 Å². The van der Waals surface area contributed by atoms with E-state index in [0.29, 0.717) is 11.3 Å². The van der Waals surface area contributed by atoms with Crippen molar-refractivity contribution >= 4 is 17.6 Å². The van der Waals surface area contributed by atoms with E-state index in [4.69, 9.17) is 16.3 Å². The number of hydrogen-bond donors (Lipinski definition) is 0. The van der Waals surface area contributed by atoms with Gasteiger partial charge in [0.25, 0.3) is 0 Å². The molecule has 144 valence electrons. The molecular formula is C18H12ClF5O3. The molecule has 0 radical (unpaired) electrons. The standard InChI is InChI=1S/C18H12ClF5O3/c1-8(19)7-11(9-3-5-10(26-2)6-4-9)18(25)27-17-15(23)13(21)12(20)14(22)16(17)24/h3-6,11H,1,7H2,2H3/t11-/m0/s1. The summed E-state index contributed by atoms with van der Waals surface area (Å²) in [5, 5.41) is 0.0187. The Kier molecular flexibility index (Phi) is 6.43. The van der Waals surface area contributed by atoms with E-state index in [9.17, 15) is 26.7 Å². The van der Waals surface area contributed by atoms with Gasteiger partial charge in [-0.1, -0.05) is 30.3 Å². The minimum absolute atomic E-state index is 0.0187. The molecule has 0 bridgehead atoms. The Bertz CT molecular complexity index is 855. The van der Waals surface area contributed by atoms with Crippen molar-refractivity contribution in [1.82, 2.24) is 0 Å². The van der Waals surface area contributed by atoms with Crippen LogP contribution in [0.3, 0.4) is 0 Å². The number of methoxy groups -OCH3 is 1. The van der Waals surface area contributed by atoms with Crippen molar-refractivity contribution in [3.05, 3.63) is 70.5 Å². The van der Waals surface area contributed by atoms with Gasteiger partial charge in [-0.25, -0.2) is 13.2 Å². The van der Waals surface area contributed by atoms with E-state index in [2.05, 4.69) is 11.3 Å². The highest BCUT2D eigenvalue weighted by Gasteiger charge is 2.31. The van der Waals surface area contributed by atoms with Crippen LogP contribution < -0.4 is 9.47 Å². The molecule has 2 aromatic carbocycles. The molecule has 2 aromatic rings. The number of ether oxygens (including phenoxy) is 2. The first-order valence-electron chi connectivity index (χ1n) is 7.37. The molecule has 0 heterocycles. The van der Waals surface area contributed by atoms with Crippen molar-refractivity contribution in [1.29, 1.82) is 0 Å². The van der Waals surface area contributed by atoms with E-state index in [-0.39, 0.29) is 11.5 Å². The van der Waals surface area contributed by atoms with Gasteiger partial charge in [0, 0.05) is 5.03 Å². The maximum Gasteiger partial charge on any atom is 0.319 e. The maximum absolute atomic E-state index is 13.7. The molecule has 9 heteroatoms. The monoisotopic (exact) mass is 406 g/mol. The first-order valence-corrected chi connectivity index (χ1v) is 7.75. The van der Waals surface area contributed by atoms with E-state index in [1.807, 2.05) is 0 Å². The van der Waals surface area contributed by atoms with E-state index < -0.39 is 46.7 Å². The Morgan fingerprint density at radius 2 is 1.48 bits per heavy atom. The molecule has 0 amide bonds. The van der Waals surface area contributed by atoms with Crippen LogP contribution in [0.25, 0.3) is 0 Å². The van der Waals surface area contributed by atoms with Crippen molar-refractivity contribution in [2.24, 2.45) is 0 Å². The highest BCUT2D eigenvalue weighted by molar-refractivity contribution is 6.29. The zero-order chi connectivity index (χ0) is 20.3. The lowest BCUT2D eigenvalue weighted by Gasteiger charge is -2.17. The molecule has 2 rings (SSSR count). The SMILES string of the molecule is C=C(Cl)C[C@H](C(=O)Oc1c(F)c(F)c(F)c(F)c1F)c1ccc(OC)cc1. The first-order chi connectivity index (χ1) is 12.7. The molecule has 0 aliphatic heterocycles. The fourth-order valence-electron chi connectivity index (χ4n) is 2.24. The number of halogens is 6. The van der Waals surface area contributed by atoms with Gasteiger partial charge in [0.15, 0.2) is 0 Å². The molecule has 0 N–H and O–H groups in total. The predicted octanol–water partition coefficient (Wildman–Crippen LogP) is 5.22. The quantitative estimate of drug-likeness (QED) is 0.217.